The molecule has 1 rings (SSSR count). The predicted molar refractivity (Wildman–Crippen MR) is 80.0 cm³/mol. The molecule has 0 aliphatic rings. The number of benzene rings is 1. The Morgan fingerprint density at radius 3 is 2.55 bits per heavy atom. The van der Waals surface area contributed by atoms with Gasteiger partial charge in [-0.15, -0.1) is 0 Å². The second-order valence-electron chi connectivity index (χ2n) is 4.97. The molecule has 0 unspecified atom stereocenters. The Labute approximate surface area is 121 Å². The van der Waals surface area contributed by atoms with Gasteiger partial charge in [-0.3, -0.25) is 4.79 Å². The van der Waals surface area contributed by atoms with Gasteiger partial charge in [-0.05, 0) is 44.4 Å². The number of rotatable bonds is 9. The molecule has 0 aliphatic carbocycles. The van der Waals surface area contributed by atoms with Gasteiger partial charge >= 0.3 is 0 Å². The van der Waals surface area contributed by atoms with E-state index in [9.17, 15) is 4.79 Å². The summed E-state index contributed by atoms with van der Waals surface area (Å²) in [4.78, 5) is 11.7. The zero-order valence-corrected chi connectivity index (χ0v) is 12.6. The standard InChI is InChI=1S/C16H25NO3/c1-13(2)20-12-4-11-17-16(18)10-7-14-5-8-15(19-3)9-6-14/h5-6,8-9,13H,4,7,10-12H2,1-3H3,(H,17,18). The molecule has 0 heterocycles. The molecule has 1 aromatic rings. The number of amides is 1. The molecule has 4 heteroatoms. The number of nitrogens with one attached hydrogen (secondary N) is 1. The summed E-state index contributed by atoms with van der Waals surface area (Å²) >= 11 is 0. The zero-order chi connectivity index (χ0) is 14.8. The summed E-state index contributed by atoms with van der Waals surface area (Å²) in [7, 11) is 1.64. The van der Waals surface area contributed by atoms with Gasteiger partial charge in [0.2, 0.25) is 5.91 Å². The fourth-order valence-corrected chi connectivity index (χ4v) is 1.76. The lowest BCUT2D eigenvalue weighted by Gasteiger charge is -2.08. The Morgan fingerprint density at radius 1 is 1.25 bits per heavy atom. The SMILES string of the molecule is COc1ccc(CCC(=O)NCCCOC(C)C)cc1. The van der Waals surface area contributed by atoms with Crippen molar-refractivity contribution < 1.29 is 14.3 Å². The minimum atomic E-state index is 0.0883. The Kier molecular flexibility index (Phi) is 7.73. The quantitative estimate of drug-likeness (QED) is 0.707. The Bertz CT molecular complexity index is 387. The van der Waals surface area contributed by atoms with Gasteiger partial charge in [0.25, 0.3) is 0 Å². The molecule has 0 radical (unpaired) electrons. The van der Waals surface area contributed by atoms with Crippen molar-refractivity contribution in [2.75, 3.05) is 20.3 Å². The summed E-state index contributed by atoms with van der Waals surface area (Å²) in [6.07, 6.45) is 2.36. The normalized spacial score (nSPS) is 10.6. The predicted octanol–water partition coefficient (Wildman–Crippen LogP) is 2.56. The number of methoxy groups -OCH3 is 1. The Balaban J connectivity index is 2.13. The molecule has 1 aromatic carbocycles. The van der Waals surface area contributed by atoms with E-state index in [2.05, 4.69) is 5.32 Å². The molecular formula is C16H25NO3. The zero-order valence-electron chi connectivity index (χ0n) is 12.6. The fourth-order valence-electron chi connectivity index (χ4n) is 1.76. The van der Waals surface area contributed by atoms with E-state index in [0.717, 1.165) is 24.2 Å². The molecule has 1 amide bonds. The van der Waals surface area contributed by atoms with Crippen LogP contribution in [0.1, 0.15) is 32.3 Å². The number of aryl methyl sites for hydroxylation is 1. The van der Waals surface area contributed by atoms with Crippen LogP contribution < -0.4 is 10.1 Å². The summed E-state index contributed by atoms with van der Waals surface area (Å²) in [6.45, 7) is 5.38. The fraction of sp³-hybridized carbons (Fsp3) is 0.562. The van der Waals surface area contributed by atoms with Crippen molar-refractivity contribution in [1.29, 1.82) is 0 Å². The lowest BCUT2D eigenvalue weighted by atomic mass is 10.1. The highest BCUT2D eigenvalue weighted by atomic mass is 16.5. The smallest absolute Gasteiger partial charge is 0.220 e. The lowest BCUT2D eigenvalue weighted by molar-refractivity contribution is -0.121. The van der Waals surface area contributed by atoms with Crippen molar-refractivity contribution in [3.05, 3.63) is 29.8 Å². The largest absolute Gasteiger partial charge is 0.497 e. The molecule has 0 aromatic heterocycles. The van der Waals surface area contributed by atoms with Crippen LogP contribution in [0, 0.1) is 0 Å². The third kappa shape index (κ3) is 7.14. The van der Waals surface area contributed by atoms with Gasteiger partial charge in [0, 0.05) is 19.6 Å². The lowest BCUT2D eigenvalue weighted by Crippen LogP contribution is -2.25. The van der Waals surface area contributed by atoms with Crippen LogP contribution in [0.2, 0.25) is 0 Å². The van der Waals surface area contributed by atoms with Crippen LogP contribution in [0.3, 0.4) is 0 Å². The summed E-state index contributed by atoms with van der Waals surface area (Å²) in [5, 5.41) is 2.91. The molecule has 1 N–H and O–H groups in total. The topological polar surface area (TPSA) is 47.6 Å². The van der Waals surface area contributed by atoms with Gasteiger partial charge in [0.1, 0.15) is 5.75 Å². The minimum absolute atomic E-state index is 0.0883. The average Bonchev–Trinajstić information content (AvgIpc) is 2.45. The number of hydrogen-bond acceptors (Lipinski definition) is 3. The first kappa shape index (κ1) is 16.5. The molecule has 0 atom stereocenters. The number of hydrogen-bond donors (Lipinski definition) is 1. The van der Waals surface area contributed by atoms with E-state index >= 15 is 0 Å². The first-order chi connectivity index (χ1) is 9.61. The van der Waals surface area contributed by atoms with Crippen LogP contribution in [-0.2, 0) is 16.0 Å². The third-order valence-corrected chi connectivity index (χ3v) is 2.89. The van der Waals surface area contributed by atoms with Gasteiger partial charge in [0.05, 0.1) is 13.2 Å². The summed E-state index contributed by atoms with van der Waals surface area (Å²) in [6, 6.07) is 7.80. The molecule has 0 spiro atoms. The van der Waals surface area contributed by atoms with Crippen LogP contribution in [-0.4, -0.2) is 32.3 Å². The van der Waals surface area contributed by atoms with Gasteiger partial charge in [-0.2, -0.15) is 0 Å². The molecule has 0 aliphatic heterocycles. The molecule has 0 fully saturated rings. The maximum atomic E-state index is 11.7. The van der Waals surface area contributed by atoms with Crippen molar-refractivity contribution in [2.24, 2.45) is 0 Å². The maximum absolute atomic E-state index is 11.7. The van der Waals surface area contributed by atoms with Crippen LogP contribution in [0.15, 0.2) is 24.3 Å². The minimum Gasteiger partial charge on any atom is -0.497 e. The second-order valence-corrected chi connectivity index (χ2v) is 4.97. The van der Waals surface area contributed by atoms with Crippen LogP contribution in [0.4, 0.5) is 0 Å². The first-order valence-corrected chi connectivity index (χ1v) is 7.13. The van der Waals surface area contributed by atoms with Gasteiger partial charge < -0.3 is 14.8 Å². The highest BCUT2D eigenvalue weighted by Crippen LogP contribution is 2.12. The first-order valence-electron chi connectivity index (χ1n) is 7.13. The Morgan fingerprint density at radius 2 is 1.95 bits per heavy atom. The molecule has 20 heavy (non-hydrogen) atoms. The van der Waals surface area contributed by atoms with E-state index in [1.807, 2.05) is 38.1 Å². The molecule has 112 valence electrons. The van der Waals surface area contributed by atoms with Gasteiger partial charge in [-0.1, -0.05) is 12.1 Å². The third-order valence-electron chi connectivity index (χ3n) is 2.89. The van der Waals surface area contributed by atoms with Crippen LogP contribution >= 0.6 is 0 Å². The number of ether oxygens (including phenoxy) is 2. The van der Waals surface area contributed by atoms with Crippen molar-refractivity contribution in [1.82, 2.24) is 5.32 Å². The summed E-state index contributed by atoms with van der Waals surface area (Å²) < 4.78 is 10.5. The molecule has 0 saturated heterocycles. The molecule has 4 nitrogen and oxygen atoms in total. The van der Waals surface area contributed by atoms with E-state index in [4.69, 9.17) is 9.47 Å². The van der Waals surface area contributed by atoms with Crippen molar-refractivity contribution in [3.63, 3.8) is 0 Å². The van der Waals surface area contributed by atoms with Gasteiger partial charge in [0.15, 0.2) is 0 Å². The highest BCUT2D eigenvalue weighted by Gasteiger charge is 2.02. The van der Waals surface area contributed by atoms with Crippen molar-refractivity contribution in [2.45, 2.75) is 39.2 Å². The van der Waals surface area contributed by atoms with E-state index in [1.54, 1.807) is 7.11 Å². The van der Waals surface area contributed by atoms with Gasteiger partial charge in [-0.25, -0.2) is 0 Å². The van der Waals surface area contributed by atoms with E-state index in [1.165, 1.54) is 0 Å². The molecule has 0 bridgehead atoms. The molecular weight excluding hydrogens is 254 g/mol. The van der Waals surface area contributed by atoms with Crippen molar-refractivity contribution >= 4 is 5.91 Å². The summed E-state index contributed by atoms with van der Waals surface area (Å²) in [5.41, 5.74) is 1.14. The number of carbonyl (C=O) groups is 1. The molecule has 0 saturated carbocycles. The van der Waals surface area contributed by atoms with Crippen molar-refractivity contribution in [3.8, 4) is 5.75 Å². The number of carbonyl (C=O) groups excluding carboxylic acids is 1. The summed E-state index contributed by atoms with van der Waals surface area (Å²) in [5.74, 6) is 0.925. The van der Waals surface area contributed by atoms with Crippen LogP contribution in [0.5, 0.6) is 5.75 Å². The highest BCUT2D eigenvalue weighted by molar-refractivity contribution is 5.76. The average molecular weight is 279 g/mol. The monoisotopic (exact) mass is 279 g/mol. The maximum Gasteiger partial charge on any atom is 0.220 e. The van der Waals surface area contributed by atoms with E-state index in [0.29, 0.717) is 19.6 Å². The van der Waals surface area contributed by atoms with E-state index < -0.39 is 0 Å². The van der Waals surface area contributed by atoms with Crippen LogP contribution in [0.25, 0.3) is 0 Å². The Hall–Kier alpha value is -1.55. The second kappa shape index (κ2) is 9.37. The van der Waals surface area contributed by atoms with E-state index in [-0.39, 0.29) is 12.0 Å².